The zero-order valence-corrected chi connectivity index (χ0v) is 10.7. The highest BCUT2D eigenvalue weighted by Crippen LogP contribution is 2.11. The molecule has 0 aromatic carbocycles. The van der Waals surface area contributed by atoms with E-state index in [0.29, 0.717) is 6.54 Å². The highest BCUT2D eigenvalue weighted by atomic mass is 32.1. The van der Waals surface area contributed by atoms with E-state index in [4.69, 9.17) is 4.74 Å². The smallest absolute Gasteiger partial charge is 0.323 e. The lowest BCUT2D eigenvalue weighted by Gasteiger charge is -2.21. The van der Waals surface area contributed by atoms with E-state index >= 15 is 0 Å². The molecule has 0 spiro atoms. The molecule has 0 radical (unpaired) electrons. The first-order valence-electron chi connectivity index (χ1n) is 5.37. The monoisotopic (exact) mass is 242 g/mol. The van der Waals surface area contributed by atoms with Crippen molar-refractivity contribution in [3.05, 3.63) is 16.6 Å². The van der Waals surface area contributed by atoms with E-state index in [2.05, 4.69) is 17.2 Å². The number of carbonyl (C=O) groups excluding carboxylic acids is 1. The molecule has 0 aliphatic rings. The number of hydrogen-bond donors (Lipinski definition) is 1. The van der Waals surface area contributed by atoms with Crippen molar-refractivity contribution in [2.45, 2.75) is 32.9 Å². The second kappa shape index (κ2) is 6.60. The van der Waals surface area contributed by atoms with E-state index in [0.717, 1.165) is 11.3 Å². The van der Waals surface area contributed by atoms with Gasteiger partial charge in [0.15, 0.2) is 0 Å². The zero-order chi connectivity index (χ0) is 12.0. The molecule has 0 fully saturated rings. The van der Waals surface area contributed by atoms with Crippen molar-refractivity contribution in [3.8, 4) is 0 Å². The number of nitrogens with one attached hydrogen (secondary N) is 1. The summed E-state index contributed by atoms with van der Waals surface area (Å²) in [7, 11) is 1.42. The summed E-state index contributed by atoms with van der Waals surface area (Å²) in [6.45, 7) is 4.77. The third kappa shape index (κ3) is 3.57. The van der Waals surface area contributed by atoms with Crippen LogP contribution in [0.2, 0.25) is 0 Å². The summed E-state index contributed by atoms with van der Waals surface area (Å²) >= 11 is 1.58. The van der Waals surface area contributed by atoms with Gasteiger partial charge in [0.1, 0.15) is 6.04 Å². The van der Waals surface area contributed by atoms with Crippen molar-refractivity contribution < 1.29 is 9.53 Å². The van der Waals surface area contributed by atoms with E-state index in [1.54, 1.807) is 16.8 Å². The molecule has 90 valence electrons. The fourth-order valence-corrected chi connectivity index (χ4v) is 1.96. The highest BCUT2D eigenvalue weighted by Gasteiger charge is 2.24. The van der Waals surface area contributed by atoms with Gasteiger partial charge >= 0.3 is 5.97 Å². The Kier molecular flexibility index (Phi) is 5.42. The lowest BCUT2D eigenvalue weighted by Crippen LogP contribution is -2.42. The first-order valence-corrected chi connectivity index (χ1v) is 6.25. The molecular formula is C11H18N2O2S. The molecule has 4 nitrogen and oxygen atoms in total. The minimum absolute atomic E-state index is 0.195. The van der Waals surface area contributed by atoms with Gasteiger partial charge in [0.2, 0.25) is 0 Å². The van der Waals surface area contributed by atoms with Gasteiger partial charge in [-0.1, -0.05) is 20.3 Å². The van der Waals surface area contributed by atoms with Crippen LogP contribution in [-0.2, 0) is 16.1 Å². The Labute approximate surface area is 100 Å². The summed E-state index contributed by atoms with van der Waals surface area (Å²) in [5.41, 5.74) is 1.79. The number of methoxy groups -OCH3 is 1. The number of aromatic nitrogens is 1. The first kappa shape index (κ1) is 13.1. The molecule has 0 saturated carbocycles. The Morgan fingerprint density at radius 1 is 1.69 bits per heavy atom. The van der Waals surface area contributed by atoms with Gasteiger partial charge in [0, 0.05) is 17.6 Å². The maximum atomic E-state index is 11.6. The van der Waals surface area contributed by atoms with E-state index in [-0.39, 0.29) is 17.9 Å². The molecule has 0 saturated heterocycles. The van der Waals surface area contributed by atoms with Crippen molar-refractivity contribution in [2.75, 3.05) is 7.11 Å². The van der Waals surface area contributed by atoms with Gasteiger partial charge in [-0.2, -0.15) is 0 Å². The van der Waals surface area contributed by atoms with Crippen LogP contribution in [0, 0.1) is 5.92 Å². The molecule has 2 atom stereocenters. The van der Waals surface area contributed by atoms with Gasteiger partial charge in [0.05, 0.1) is 12.6 Å². The Balaban J connectivity index is 2.53. The number of nitrogens with zero attached hydrogens (tertiary/aromatic N) is 1. The van der Waals surface area contributed by atoms with Crippen LogP contribution in [0.4, 0.5) is 0 Å². The Hall–Kier alpha value is -0.940. The SMILES string of the molecule is CCC(C)C(NCc1cncs1)C(=O)OC. The molecule has 0 bridgehead atoms. The molecular weight excluding hydrogens is 224 g/mol. The third-order valence-electron chi connectivity index (χ3n) is 2.65. The lowest BCUT2D eigenvalue weighted by molar-refractivity contribution is -0.144. The van der Waals surface area contributed by atoms with E-state index in [9.17, 15) is 4.79 Å². The van der Waals surface area contributed by atoms with E-state index in [1.165, 1.54) is 7.11 Å². The van der Waals surface area contributed by atoms with Crippen LogP contribution in [0.1, 0.15) is 25.1 Å². The molecule has 0 aliphatic heterocycles. The van der Waals surface area contributed by atoms with Crippen LogP contribution in [-0.4, -0.2) is 24.1 Å². The largest absolute Gasteiger partial charge is 0.468 e. The van der Waals surface area contributed by atoms with Crippen molar-refractivity contribution in [1.82, 2.24) is 10.3 Å². The molecule has 0 amide bonds. The van der Waals surface area contributed by atoms with Crippen molar-refractivity contribution >= 4 is 17.3 Å². The Morgan fingerprint density at radius 3 is 2.94 bits per heavy atom. The van der Waals surface area contributed by atoms with Gasteiger partial charge in [-0.15, -0.1) is 11.3 Å². The van der Waals surface area contributed by atoms with Gasteiger partial charge in [-0.05, 0) is 5.92 Å². The van der Waals surface area contributed by atoms with Crippen molar-refractivity contribution in [2.24, 2.45) is 5.92 Å². The molecule has 2 unspecified atom stereocenters. The molecule has 1 heterocycles. The highest BCUT2D eigenvalue weighted by molar-refractivity contribution is 7.09. The fraction of sp³-hybridized carbons (Fsp3) is 0.636. The zero-order valence-electron chi connectivity index (χ0n) is 9.90. The maximum absolute atomic E-state index is 11.6. The summed E-state index contributed by atoms with van der Waals surface area (Å²) in [4.78, 5) is 16.7. The van der Waals surface area contributed by atoms with Crippen LogP contribution < -0.4 is 5.32 Å². The van der Waals surface area contributed by atoms with Crippen molar-refractivity contribution in [1.29, 1.82) is 0 Å². The minimum Gasteiger partial charge on any atom is -0.468 e. The number of carbonyl (C=O) groups is 1. The topological polar surface area (TPSA) is 51.2 Å². The van der Waals surface area contributed by atoms with E-state index in [1.807, 2.05) is 13.1 Å². The normalized spacial score (nSPS) is 14.4. The van der Waals surface area contributed by atoms with Crippen molar-refractivity contribution in [3.63, 3.8) is 0 Å². The summed E-state index contributed by atoms with van der Waals surface area (Å²) < 4.78 is 4.79. The summed E-state index contributed by atoms with van der Waals surface area (Å²) in [5, 5.41) is 3.22. The molecule has 1 N–H and O–H groups in total. The summed E-state index contributed by atoms with van der Waals surface area (Å²) in [5.74, 6) is 0.0687. The Bertz CT molecular complexity index is 314. The molecule has 1 rings (SSSR count). The van der Waals surface area contributed by atoms with Gasteiger partial charge in [-0.25, -0.2) is 0 Å². The number of hydrogen-bond acceptors (Lipinski definition) is 5. The standard InChI is InChI=1S/C11H18N2O2S/c1-4-8(2)10(11(14)15-3)13-6-9-5-12-7-16-9/h5,7-8,10,13H,4,6H2,1-3H3. The maximum Gasteiger partial charge on any atom is 0.323 e. The van der Waals surface area contributed by atoms with Crippen LogP contribution in [0.3, 0.4) is 0 Å². The predicted molar refractivity (Wildman–Crippen MR) is 64.2 cm³/mol. The van der Waals surface area contributed by atoms with Gasteiger partial charge < -0.3 is 4.74 Å². The lowest BCUT2D eigenvalue weighted by atomic mass is 9.99. The van der Waals surface area contributed by atoms with Gasteiger partial charge in [0.25, 0.3) is 0 Å². The molecule has 16 heavy (non-hydrogen) atoms. The molecule has 5 heteroatoms. The quantitative estimate of drug-likeness (QED) is 0.773. The minimum atomic E-state index is -0.239. The average Bonchev–Trinajstić information content (AvgIpc) is 2.81. The number of esters is 1. The van der Waals surface area contributed by atoms with Crippen LogP contribution in [0.25, 0.3) is 0 Å². The van der Waals surface area contributed by atoms with Crippen LogP contribution in [0.15, 0.2) is 11.7 Å². The third-order valence-corrected chi connectivity index (χ3v) is 3.43. The van der Waals surface area contributed by atoms with Crippen LogP contribution >= 0.6 is 11.3 Å². The number of thiazole rings is 1. The second-order valence-corrected chi connectivity index (χ2v) is 4.71. The molecule has 1 aromatic heterocycles. The Morgan fingerprint density at radius 2 is 2.44 bits per heavy atom. The first-order chi connectivity index (χ1) is 7.69. The second-order valence-electron chi connectivity index (χ2n) is 3.74. The molecule has 0 aliphatic carbocycles. The number of ether oxygens (including phenoxy) is 1. The average molecular weight is 242 g/mol. The fourth-order valence-electron chi connectivity index (χ4n) is 1.42. The van der Waals surface area contributed by atoms with E-state index < -0.39 is 0 Å². The summed E-state index contributed by atoms with van der Waals surface area (Å²) in [6.07, 6.45) is 2.75. The summed E-state index contributed by atoms with van der Waals surface area (Å²) in [6, 6.07) is -0.239. The predicted octanol–water partition coefficient (Wildman–Crippen LogP) is 1.82. The molecule has 1 aromatic rings. The van der Waals surface area contributed by atoms with Gasteiger partial charge in [-0.3, -0.25) is 15.1 Å². The van der Waals surface area contributed by atoms with Crippen LogP contribution in [0.5, 0.6) is 0 Å². The number of rotatable bonds is 6.